The number of benzene rings is 2. The van der Waals surface area contributed by atoms with E-state index in [0.29, 0.717) is 39.3 Å². The molecular formula is C80H141N5Ni3O36Zr6. The van der Waals surface area contributed by atoms with Crippen molar-refractivity contribution < 1.29 is 390 Å². The zero-order chi connectivity index (χ0) is 92.8. The molecule has 0 fully saturated rings. The molecule has 0 saturated carbocycles. The maximum atomic E-state index is 10.3. The number of carbonyl (C=O) groups is 10. The molecule has 0 bridgehead atoms. The normalized spacial score (nSPS) is 8.05. The van der Waals surface area contributed by atoms with Gasteiger partial charge in [0.05, 0.1) is 12.1 Å². The van der Waals surface area contributed by atoms with Gasteiger partial charge in [0, 0.05) is 73.5 Å². The number of aliphatic carboxylic acids is 10. The fourth-order valence-corrected chi connectivity index (χ4v) is 3.77. The Hall–Kier alpha value is -2.18. The molecule has 0 unspecified atom stereocenters. The first-order chi connectivity index (χ1) is 52.1. The number of carbonyl (C=O) groups excluding carboxylic acids is 10. The molecule has 0 aromatic heterocycles. The first-order valence-electron chi connectivity index (χ1n) is 36.9. The van der Waals surface area contributed by atoms with Crippen LogP contribution in [0.15, 0.2) is 60.7 Å². The number of para-hydroxylation sites is 2. The molecule has 4 N–H and O–H groups in total. The van der Waals surface area contributed by atoms with Crippen LogP contribution in [-0.2, 0) is 277 Å². The topological polar surface area (TPSA) is 877 Å². The Morgan fingerprint density at radius 1 is 0.269 bits per heavy atom. The summed E-state index contributed by atoms with van der Waals surface area (Å²) in [4.78, 5) is 102. The molecule has 0 aliphatic rings. The fourth-order valence-electron chi connectivity index (χ4n) is 3.77. The van der Waals surface area contributed by atoms with Crippen LogP contribution in [0, 0.1) is 81.8 Å². The summed E-state index contributed by atoms with van der Waals surface area (Å²) in [6, 6.07) is 20.2. The van der Waals surface area contributed by atoms with Crippen molar-refractivity contribution in [2.45, 2.75) is 212 Å². The third-order valence-corrected chi connectivity index (χ3v) is 11.1. The van der Waals surface area contributed by atoms with Crippen molar-refractivity contribution in [3.8, 4) is 23.6 Å². The number of nitrogens with zero attached hydrogens (tertiary/aromatic N) is 5. The molecule has 2 aromatic carbocycles. The summed E-state index contributed by atoms with van der Waals surface area (Å²) in [5.41, 5.74) is 0. The van der Waals surface area contributed by atoms with Crippen molar-refractivity contribution in [3.05, 3.63) is 60.7 Å². The van der Waals surface area contributed by atoms with Gasteiger partial charge in [-0.25, -0.2) is 0 Å². The maximum Gasteiger partial charge on any atom is 4.00 e. The van der Waals surface area contributed by atoms with Crippen molar-refractivity contribution >= 4 is 59.7 Å². The average molecular weight is 2470 g/mol. The first-order valence-corrected chi connectivity index (χ1v) is 36.9. The Labute approximate surface area is 919 Å². The van der Waals surface area contributed by atoms with Crippen LogP contribution < -0.4 is 91.9 Å². The monoisotopic (exact) mass is 2460 g/mol. The van der Waals surface area contributed by atoms with Gasteiger partial charge in [0.25, 0.3) is 0 Å². The first kappa shape index (κ1) is 224. The summed E-state index contributed by atoms with van der Waals surface area (Å²) in [6.45, 7) is 46.1. The molecule has 0 saturated heterocycles. The van der Waals surface area contributed by atoms with Crippen LogP contribution in [-0.4, -0.2) is 195 Å². The summed E-state index contributed by atoms with van der Waals surface area (Å²) in [5, 5.41) is 192. The van der Waals surface area contributed by atoms with E-state index in [0.717, 1.165) is 58.2 Å². The zero-order valence-corrected chi connectivity index (χ0v) is 97.1. The number of carboxylic acid groups (broad SMARTS) is 10. The molecule has 50 heteroatoms. The molecule has 6 radical (unpaired) electrons. The minimum atomic E-state index is -0.991. The van der Waals surface area contributed by atoms with E-state index in [2.05, 4.69) is 20.8 Å². The molecule has 2 rings (SSSR count). The van der Waals surface area contributed by atoms with E-state index in [-0.39, 0.29) is 361 Å². The molecule has 0 aliphatic carbocycles. The zero-order valence-electron chi connectivity index (χ0n) is 79.4. The molecular weight excluding hydrogens is 2330 g/mol. The smallest absolute Gasteiger partial charge is 2.00 e. The van der Waals surface area contributed by atoms with Crippen LogP contribution in [0.2, 0.25) is 0 Å². The second kappa shape index (κ2) is 179. The van der Waals surface area contributed by atoms with Gasteiger partial charge in [0.1, 0.15) is 0 Å². The average Bonchev–Trinajstić information content (AvgIpc) is 1.01. The van der Waals surface area contributed by atoms with Gasteiger partial charge in [0.15, 0.2) is 0 Å². The van der Waals surface area contributed by atoms with Crippen molar-refractivity contribution in [2.24, 2.45) is 59.2 Å². The Kier molecular flexibility index (Phi) is 309. The fraction of sp³-hybridized carbons (Fsp3) is 0.700. The van der Waals surface area contributed by atoms with Crippen LogP contribution in [0.25, 0.3) is 0 Å². The third kappa shape index (κ3) is 279. The number of unbranched alkanes of at least 4 members (excludes halogenated alkanes) is 3. The Balaban J connectivity index is -0.0000000262. The summed E-state index contributed by atoms with van der Waals surface area (Å²) in [6.07, 6.45) is 6.61. The SMILES string of the molecule is CC#N.CC#N.CC(C)C(=O)[O-].CC(C)C(=O)[O-].CC(C)C(=O)[O-].CC(C)C(=O)[O-].CC(C)C(=O)[O-].CC(C)C(=O)[O-].CC(C)C(=O)[O-].CC(C)C(=O)[O-].CC(C)C(=O)[O-].CC(C)C(=O)[O-].CCCCN(CC[O-])CC[O-].CCCCN(CC[O-])CC[O-].CCCCN(CC[O-])CC[O-].[Ni+3].[Ni+3].[Ni+3].[O-2].[O-2].[O-2].[O-2].[O-]c1ccccc1.[O-]c1ccccc1.[OH-].[OH-].[OH-].[OH-].[Zr+3].[Zr+3].[Zr+3].[Zr+4].[Zr+4].[Zr+4]. The van der Waals surface area contributed by atoms with Crippen molar-refractivity contribution in [2.75, 3.05) is 98.5 Å². The van der Waals surface area contributed by atoms with Gasteiger partial charge in [-0.1, -0.05) is 239 Å². The number of rotatable bonds is 31. The Morgan fingerprint density at radius 3 is 0.400 bits per heavy atom. The summed E-state index contributed by atoms with van der Waals surface area (Å²) in [5.74, 6) is -13.2. The van der Waals surface area contributed by atoms with Crippen molar-refractivity contribution in [3.63, 3.8) is 0 Å². The molecule has 130 heavy (non-hydrogen) atoms. The van der Waals surface area contributed by atoms with Gasteiger partial charge in [-0.15, -0.1) is 51.1 Å². The Bertz CT molecular complexity index is 2150. The van der Waals surface area contributed by atoms with Crippen LogP contribution in [0.5, 0.6) is 11.5 Å². The van der Waals surface area contributed by atoms with E-state index >= 15 is 0 Å². The standard InChI is InChI=1S/3C8H17NO2.2C6H6O.10C4H8O2.2C2H3N.3Ni.4H2O.4O.6Zr/c3*1-2-3-4-9(5-7-10)6-8-11;2*7-6-4-2-1-3-5-6;10*1-3(2)4(5)6;2*1-2-3;;;;;;;;;;;;;;;;;/h3*2-8H2,1H3;2*1-5,7H;10*3H,1-2H3,(H,5,6);2*1H3;;;;4*1H2;;;;;;;;;;/q3*-2;;;;;;;;;;;;;;;3*+3;;;;;4*-2;3*+3;3*+4/p-16. The third-order valence-electron chi connectivity index (χ3n) is 11.1. The van der Waals surface area contributed by atoms with Crippen molar-refractivity contribution in [1.29, 1.82) is 10.5 Å². The van der Waals surface area contributed by atoms with Crippen molar-refractivity contribution in [1.82, 2.24) is 14.7 Å². The van der Waals surface area contributed by atoms with Crippen LogP contribution in [0.3, 0.4) is 0 Å². The molecule has 41 nitrogen and oxygen atoms in total. The number of carboxylic acids is 10. The molecule has 2 aromatic rings. The minimum absolute atomic E-state index is 0. The van der Waals surface area contributed by atoms with Gasteiger partial charge >= 0.3 is 207 Å². The predicted octanol–water partition coefficient (Wildman–Crippen LogP) is -8.27. The van der Waals surface area contributed by atoms with Gasteiger partial charge in [0.2, 0.25) is 0 Å². The second-order valence-electron chi connectivity index (χ2n) is 25.6. The van der Waals surface area contributed by atoms with E-state index in [4.69, 9.17) is 10.5 Å². The quantitative estimate of drug-likeness (QED) is 0.0633. The number of hydrogen-bond acceptors (Lipinski definition) is 37. The van der Waals surface area contributed by atoms with E-state index in [1.165, 1.54) is 38.1 Å². The summed E-state index contributed by atoms with van der Waals surface area (Å²) in [7, 11) is 0. The second-order valence-corrected chi connectivity index (χ2v) is 25.6. The number of hydrogen-bond donors (Lipinski definition) is 0. The molecule has 0 aliphatic heterocycles. The van der Waals surface area contributed by atoms with Gasteiger partial charge in [-0.2, -0.15) is 10.5 Å². The van der Waals surface area contributed by atoms with E-state index in [1.807, 2.05) is 26.8 Å². The molecule has 0 amide bonds. The molecule has 0 heterocycles. The van der Waals surface area contributed by atoms with Gasteiger partial charge < -0.3 is 198 Å². The largest absolute Gasteiger partial charge is 4.00 e. The molecule has 0 spiro atoms. The minimum Gasteiger partial charge on any atom is -2.00 e. The molecule has 756 valence electrons. The van der Waals surface area contributed by atoms with E-state index in [9.17, 15) is 140 Å². The number of nitriles is 2. The predicted molar refractivity (Wildman–Crippen MR) is 407 cm³/mol. The van der Waals surface area contributed by atoms with Gasteiger partial charge in [-0.05, 0) is 137 Å². The van der Waals surface area contributed by atoms with Crippen LogP contribution in [0.1, 0.15) is 212 Å². The van der Waals surface area contributed by atoms with E-state index < -0.39 is 59.7 Å². The Morgan fingerprint density at radius 2 is 0.354 bits per heavy atom. The summed E-state index contributed by atoms with van der Waals surface area (Å²) >= 11 is 0. The van der Waals surface area contributed by atoms with Gasteiger partial charge in [-0.3, -0.25) is 0 Å². The van der Waals surface area contributed by atoms with E-state index in [1.54, 1.807) is 175 Å². The van der Waals surface area contributed by atoms with Crippen LogP contribution >= 0.6 is 0 Å². The maximum absolute atomic E-state index is 10.3. The molecule has 0 atom stereocenters. The van der Waals surface area contributed by atoms with Crippen LogP contribution in [0.4, 0.5) is 0 Å². The summed E-state index contributed by atoms with van der Waals surface area (Å²) < 4.78 is 0.